The lowest BCUT2D eigenvalue weighted by Crippen LogP contribution is -2.46. The SMILES string of the molecule is CC[C@H](CC[C@@H](C)[C@H]1CCC2C3CC=C4C(=O)[C@](O)(C(=O)OC)CC4C3CC[C@@]21C)C(C)C. The van der Waals surface area contributed by atoms with Crippen LogP contribution in [-0.2, 0) is 14.3 Å². The third-order valence-electron chi connectivity index (χ3n) is 10.9. The van der Waals surface area contributed by atoms with Crippen molar-refractivity contribution in [3.63, 3.8) is 0 Å². The minimum absolute atomic E-state index is 0.0118. The van der Waals surface area contributed by atoms with E-state index in [0.717, 1.165) is 36.5 Å². The number of aliphatic hydroxyl groups is 1. The van der Waals surface area contributed by atoms with Gasteiger partial charge in [-0.15, -0.1) is 0 Å². The number of fused-ring (bicyclic) bond motifs is 5. The monoisotopic (exact) mass is 458 g/mol. The lowest BCUT2D eigenvalue weighted by atomic mass is 9.52. The van der Waals surface area contributed by atoms with Gasteiger partial charge >= 0.3 is 5.97 Å². The van der Waals surface area contributed by atoms with Gasteiger partial charge in [0.15, 0.2) is 0 Å². The van der Waals surface area contributed by atoms with Crippen LogP contribution in [0.2, 0.25) is 0 Å². The number of carbonyl (C=O) groups is 2. The number of carbonyl (C=O) groups excluding carboxylic acids is 2. The molecule has 4 nitrogen and oxygen atoms in total. The molecule has 0 heterocycles. The number of hydrogen-bond donors (Lipinski definition) is 1. The predicted molar refractivity (Wildman–Crippen MR) is 130 cm³/mol. The summed E-state index contributed by atoms with van der Waals surface area (Å²) in [5.41, 5.74) is -0.887. The fourth-order valence-corrected chi connectivity index (χ4v) is 8.98. The number of rotatable bonds is 7. The van der Waals surface area contributed by atoms with Crippen LogP contribution in [0.1, 0.15) is 92.4 Å². The Morgan fingerprint density at radius 2 is 1.91 bits per heavy atom. The molecule has 1 N–H and O–H groups in total. The number of methoxy groups -OCH3 is 1. The van der Waals surface area contributed by atoms with Crippen LogP contribution in [0.15, 0.2) is 11.6 Å². The van der Waals surface area contributed by atoms with Crippen LogP contribution >= 0.6 is 0 Å². The van der Waals surface area contributed by atoms with Gasteiger partial charge in [-0.25, -0.2) is 4.79 Å². The fourth-order valence-electron chi connectivity index (χ4n) is 8.98. The van der Waals surface area contributed by atoms with Crippen molar-refractivity contribution in [1.29, 1.82) is 0 Å². The van der Waals surface area contributed by atoms with Crippen molar-refractivity contribution in [3.8, 4) is 0 Å². The van der Waals surface area contributed by atoms with Gasteiger partial charge in [-0.05, 0) is 96.9 Å². The Labute approximate surface area is 200 Å². The normalized spacial score (nSPS) is 41.8. The Morgan fingerprint density at radius 3 is 2.55 bits per heavy atom. The third kappa shape index (κ3) is 3.93. The van der Waals surface area contributed by atoms with Crippen molar-refractivity contribution in [3.05, 3.63) is 11.6 Å². The van der Waals surface area contributed by atoms with Crippen molar-refractivity contribution < 1.29 is 19.4 Å². The van der Waals surface area contributed by atoms with Crippen molar-refractivity contribution >= 4 is 11.8 Å². The van der Waals surface area contributed by atoms with Crippen molar-refractivity contribution in [2.24, 2.45) is 52.8 Å². The molecular formula is C29H46O4. The average molecular weight is 459 g/mol. The molecule has 0 aliphatic heterocycles. The zero-order valence-electron chi connectivity index (χ0n) is 21.7. The molecule has 3 fully saturated rings. The van der Waals surface area contributed by atoms with Gasteiger partial charge in [0.1, 0.15) is 0 Å². The van der Waals surface area contributed by atoms with E-state index in [0.29, 0.717) is 28.7 Å². The van der Waals surface area contributed by atoms with Gasteiger partial charge in [0.25, 0.3) is 0 Å². The molecule has 33 heavy (non-hydrogen) atoms. The van der Waals surface area contributed by atoms with Crippen LogP contribution in [0.25, 0.3) is 0 Å². The van der Waals surface area contributed by atoms with Crippen LogP contribution < -0.4 is 0 Å². The highest BCUT2D eigenvalue weighted by atomic mass is 16.5. The summed E-state index contributed by atoms with van der Waals surface area (Å²) in [6.45, 7) is 12.1. The molecule has 0 radical (unpaired) electrons. The summed E-state index contributed by atoms with van der Waals surface area (Å²) in [5.74, 6) is 3.64. The number of Topliss-reactive ketones (excluding diaryl/α,β-unsaturated/α-hetero) is 1. The predicted octanol–water partition coefficient (Wildman–Crippen LogP) is 5.97. The first-order valence-corrected chi connectivity index (χ1v) is 13.6. The van der Waals surface area contributed by atoms with Gasteiger partial charge in [-0.2, -0.15) is 0 Å². The number of ketones is 1. The molecule has 4 aliphatic carbocycles. The Kier molecular flexibility index (Phi) is 6.90. The summed E-state index contributed by atoms with van der Waals surface area (Å²) < 4.78 is 4.80. The van der Waals surface area contributed by atoms with Gasteiger partial charge in [0.2, 0.25) is 11.4 Å². The van der Waals surface area contributed by atoms with Crippen LogP contribution in [0, 0.1) is 52.8 Å². The molecular weight excluding hydrogens is 412 g/mol. The van der Waals surface area contributed by atoms with Gasteiger partial charge < -0.3 is 9.84 Å². The van der Waals surface area contributed by atoms with Crippen molar-refractivity contribution in [2.75, 3.05) is 7.11 Å². The molecule has 186 valence electrons. The maximum Gasteiger partial charge on any atom is 0.346 e. The standard InChI is InChI=1S/C29H46O4/c1-7-19(17(2)3)9-8-18(4)24-12-13-25-21-10-11-22-23(20(21)14-15-28(24,25)5)16-29(32,26(22)30)27(31)33-6/h11,17-21,23-25,32H,7-10,12-16H2,1-6H3/t18-,19-,20?,21?,23?,24-,25?,28-,29+/m1/s1. The number of hydrogen-bond acceptors (Lipinski definition) is 4. The van der Waals surface area contributed by atoms with E-state index < -0.39 is 17.4 Å². The molecule has 0 amide bonds. The molecule has 9 atom stereocenters. The Bertz CT molecular complexity index is 799. The minimum Gasteiger partial charge on any atom is -0.467 e. The third-order valence-corrected chi connectivity index (χ3v) is 10.9. The lowest BCUT2D eigenvalue weighted by Gasteiger charge is -2.52. The van der Waals surface area contributed by atoms with Gasteiger partial charge in [-0.3, -0.25) is 4.79 Å². The fraction of sp³-hybridized carbons (Fsp3) is 0.862. The molecule has 0 bridgehead atoms. The quantitative estimate of drug-likeness (QED) is 0.377. The molecule has 4 heteroatoms. The molecule has 0 spiro atoms. The second-order valence-electron chi connectivity index (χ2n) is 12.5. The highest BCUT2D eigenvalue weighted by Crippen LogP contribution is 2.65. The summed E-state index contributed by atoms with van der Waals surface area (Å²) in [6.07, 6.45) is 12.1. The van der Waals surface area contributed by atoms with Crippen LogP contribution in [0.5, 0.6) is 0 Å². The minimum atomic E-state index is -1.97. The Morgan fingerprint density at radius 1 is 1.18 bits per heavy atom. The summed E-state index contributed by atoms with van der Waals surface area (Å²) in [4.78, 5) is 25.2. The van der Waals surface area contributed by atoms with Gasteiger partial charge in [0, 0.05) is 6.42 Å². The van der Waals surface area contributed by atoms with E-state index in [2.05, 4.69) is 40.7 Å². The first kappa shape index (κ1) is 24.9. The molecule has 0 aromatic carbocycles. The van der Waals surface area contributed by atoms with Gasteiger partial charge in [-0.1, -0.05) is 53.5 Å². The van der Waals surface area contributed by atoms with E-state index in [4.69, 9.17) is 4.74 Å². The summed E-state index contributed by atoms with van der Waals surface area (Å²) >= 11 is 0. The first-order chi connectivity index (χ1) is 15.6. The lowest BCUT2D eigenvalue weighted by molar-refractivity contribution is -0.165. The maximum absolute atomic E-state index is 12.9. The molecule has 4 unspecified atom stereocenters. The second kappa shape index (κ2) is 9.13. The van der Waals surface area contributed by atoms with Gasteiger partial charge in [0.05, 0.1) is 7.11 Å². The molecule has 3 saturated carbocycles. The molecule has 0 aromatic heterocycles. The Balaban J connectivity index is 1.48. The van der Waals surface area contributed by atoms with E-state index >= 15 is 0 Å². The molecule has 4 rings (SSSR count). The highest BCUT2D eigenvalue weighted by Gasteiger charge is 2.62. The molecule has 0 aromatic rings. The van der Waals surface area contributed by atoms with E-state index in [1.807, 2.05) is 0 Å². The van der Waals surface area contributed by atoms with Crippen LogP contribution in [0.4, 0.5) is 0 Å². The maximum atomic E-state index is 12.9. The van der Waals surface area contributed by atoms with Crippen molar-refractivity contribution in [1.82, 2.24) is 0 Å². The smallest absolute Gasteiger partial charge is 0.346 e. The van der Waals surface area contributed by atoms with Crippen LogP contribution in [0.3, 0.4) is 0 Å². The Hall–Kier alpha value is -1.16. The largest absolute Gasteiger partial charge is 0.467 e. The summed E-state index contributed by atoms with van der Waals surface area (Å²) in [5, 5.41) is 10.9. The van der Waals surface area contributed by atoms with E-state index in [9.17, 15) is 14.7 Å². The van der Waals surface area contributed by atoms with Crippen LogP contribution in [-0.4, -0.2) is 29.6 Å². The molecule has 0 saturated heterocycles. The topological polar surface area (TPSA) is 63.6 Å². The summed E-state index contributed by atoms with van der Waals surface area (Å²) in [6, 6.07) is 0. The van der Waals surface area contributed by atoms with E-state index in [-0.39, 0.29) is 12.3 Å². The van der Waals surface area contributed by atoms with Crippen molar-refractivity contribution in [2.45, 2.75) is 98.0 Å². The molecule has 4 aliphatic rings. The van der Waals surface area contributed by atoms with E-state index in [1.54, 1.807) is 0 Å². The summed E-state index contributed by atoms with van der Waals surface area (Å²) in [7, 11) is 1.25. The average Bonchev–Trinajstić information content (AvgIpc) is 3.28. The zero-order valence-corrected chi connectivity index (χ0v) is 21.7. The number of allylic oxidation sites excluding steroid dienone is 1. The number of esters is 1. The highest BCUT2D eigenvalue weighted by molar-refractivity contribution is 6.17. The second-order valence-corrected chi connectivity index (χ2v) is 12.5. The zero-order chi connectivity index (χ0) is 24.1. The number of ether oxygens (including phenoxy) is 1. The first-order valence-electron chi connectivity index (χ1n) is 13.6. The van der Waals surface area contributed by atoms with E-state index in [1.165, 1.54) is 45.6 Å².